The van der Waals surface area contributed by atoms with Crippen molar-refractivity contribution >= 4 is 11.6 Å². The number of rotatable bonds is 8. The van der Waals surface area contributed by atoms with Gasteiger partial charge in [-0.3, -0.25) is 9.59 Å². The van der Waals surface area contributed by atoms with Crippen LogP contribution in [0.1, 0.15) is 59.7 Å². The summed E-state index contributed by atoms with van der Waals surface area (Å²) in [7, 11) is 0. The Morgan fingerprint density at radius 2 is 1.78 bits per heavy atom. The average molecular weight is 574 g/mol. The molecule has 0 spiro atoms. The maximum absolute atomic E-state index is 13.7. The van der Waals surface area contributed by atoms with Crippen molar-refractivity contribution in [1.82, 2.24) is 5.32 Å². The third-order valence-electron chi connectivity index (χ3n) is 8.69. The molecule has 8 atom stereocenters. The van der Waals surface area contributed by atoms with Gasteiger partial charge < -0.3 is 45.4 Å². The molecule has 0 bridgehead atoms. The Balaban J connectivity index is 1.32. The third kappa shape index (κ3) is 5.98. The van der Waals surface area contributed by atoms with Gasteiger partial charge in [0.25, 0.3) is 0 Å². The van der Waals surface area contributed by atoms with Gasteiger partial charge in [0.2, 0.25) is 6.29 Å². The highest BCUT2D eigenvalue weighted by molar-refractivity contribution is 6.19. The van der Waals surface area contributed by atoms with Gasteiger partial charge in [0.1, 0.15) is 35.9 Å². The molecule has 0 radical (unpaired) electrons. The van der Waals surface area contributed by atoms with Gasteiger partial charge in [-0.05, 0) is 62.7 Å². The fraction of sp³-hybridized carbons (Fsp3) is 0.600. The molecule has 11 nitrogen and oxygen atoms in total. The molecule has 224 valence electrons. The Morgan fingerprint density at radius 3 is 2.46 bits per heavy atom. The summed E-state index contributed by atoms with van der Waals surface area (Å²) in [6, 6.07) is 4.82. The number of nitrogens with one attached hydrogen (secondary N) is 1. The van der Waals surface area contributed by atoms with Crippen molar-refractivity contribution in [1.29, 1.82) is 0 Å². The van der Waals surface area contributed by atoms with Crippen LogP contribution >= 0.6 is 0 Å². The Bertz CT molecular complexity index is 1200. The van der Waals surface area contributed by atoms with Crippen LogP contribution in [0.2, 0.25) is 0 Å². The lowest BCUT2D eigenvalue weighted by Gasteiger charge is -2.40. The number of benzene rings is 1. The van der Waals surface area contributed by atoms with Gasteiger partial charge in [0.05, 0.1) is 30.1 Å². The molecule has 1 heterocycles. The van der Waals surface area contributed by atoms with E-state index < -0.39 is 61.0 Å². The Hall–Kier alpha value is -2.64. The summed E-state index contributed by atoms with van der Waals surface area (Å²) >= 11 is 0. The Labute approximate surface area is 238 Å². The Kier molecular flexibility index (Phi) is 8.95. The maximum atomic E-state index is 13.7. The highest BCUT2D eigenvalue weighted by Gasteiger charge is 2.48. The predicted molar refractivity (Wildman–Crippen MR) is 145 cm³/mol. The molecule has 11 heteroatoms. The first-order chi connectivity index (χ1) is 19.6. The van der Waals surface area contributed by atoms with Crippen LogP contribution in [0.5, 0.6) is 5.75 Å². The average Bonchev–Trinajstić information content (AvgIpc) is 2.95. The molecule has 1 aliphatic heterocycles. The lowest BCUT2D eigenvalue weighted by atomic mass is 9.69. The van der Waals surface area contributed by atoms with Gasteiger partial charge in [-0.15, -0.1) is 0 Å². The lowest BCUT2D eigenvalue weighted by molar-refractivity contribution is -0.277. The number of fused-ring (bicyclic) bond motifs is 2. The van der Waals surface area contributed by atoms with Gasteiger partial charge in [-0.25, -0.2) is 0 Å². The van der Waals surface area contributed by atoms with Crippen molar-refractivity contribution in [2.24, 2.45) is 17.8 Å². The number of hydrogen-bond acceptors (Lipinski definition) is 11. The largest absolute Gasteiger partial charge is 0.511 e. The summed E-state index contributed by atoms with van der Waals surface area (Å²) in [4.78, 5) is 27.4. The van der Waals surface area contributed by atoms with Crippen LogP contribution in [0.25, 0.3) is 0 Å². The molecule has 1 saturated heterocycles. The van der Waals surface area contributed by atoms with E-state index in [9.17, 15) is 40.2 Å². The van der Waals surface area contributed by atoms with Gasteiger partial charge in [-0.1, -0.05) is 18.2 Å². The fourth-order valence-corrected chi connectivity index (χ4v) is 6.45. The van der Waals surface area contributed by atoms with E-state index in [4.69, 9.17) is 9.47 Å². The highest BCUT2D eigenvalue weighted by atomic mass is 16.7. The zero-order valence-corrected chi connectivity index (χ0v) is 22.9. The molecular formula is C30H39NO10. The van der Waals surface area contributed by atoms with E-state index in [1.54, 1.807) is 19.1 Å². The van der Waals surface area contributed by atoms with Gasteiger partial charge in [0, 0.05) is 18.2 Å². The molecule has 2 fully saturated rings. The fourth-order valence-electron chi connectivity index (χ4n) is 6.45. The van der Waals surface area contributed by atoms with Crippen molar-refractivity contribution in [2.45, 2.75) is 81.9 Å². The molecule has 1 aromatic carbocycles. The summed E-state index contributed by atoms with van der Waals surface area (Å²) in [5.41, 5.74) is 0.881. The van der Waals surface area contributed by atoms with Crippen LogP contribution in [0.4, 0.5) is 0 Å². The smallest absolute Gasteiger partial charge is 0.229 e. The number of carbonyl (C=O) groups is 2. The third-order valence-corrected chi connectivity index (χ3v) is 8.69. The molecule has 0 amide bonds. The summed E-state index contributed by atoms with van der Waals surface area (Å²) in [5, 5.41) is 63.9. The summed E-state index contributed by atoms with van der Waals surface area (Å²) in [5.74, 6) is -2.71. The summed E-state index contributed by atoms with van der Waals surface area (Å²) in [6.45, 7) is 1.67. The molecular weight excluding hydrogens is 534 g/mol. The minimum atomic E-state index is -1.69. The van der Waals surface area contributed by atoms with Crippen molar-refractivity contribution in [3.05, 3.63) is 52.8 Å². The number of hydrogen-bond donors (Lipinski definition) is 7. The topological polar surface area (TPSA) is 186 Å². The quantitative estimate of drug-likeness (QED) is 0.233. The maximum Gasteiger partial charge on any atom is 0.229 e. The first-order valence-corrected chi connectivity index (χ1v) is 14.3. The molecule has 4 aliphatic rings. The van der Waals surface area contributed by atoms with Gasteiger partial charge >= 0.3 is 0 Å². The lowest BCUT2D eigenvalue weighted by Crippen LogP contribution is -2.60. The van der Waals surface area contributed by atoms with Crippen molar-refractivity contribution in [2.75, 3.05) is 13.2 Å². The molecule has 41 heavy (non-hydrogen) atoms. The normalized spacial score (nSPS) is 36.1. The highest BCUT2D eigenvalue weighted by Crippen LogP contribution is 2.43. The second kappa shape index (κ2) is 12.3. The van der Waals surface area contributed by atoms with E-state index >= 15 is 0 Å². The van der Waals surface area contributed by atoms with Gasteiger partial charge in [-0.2, -0.15) is 0 Å². The number of carbonyl (C=O) groups excluding carboxylic acids is 2. The number of ether oxygens (including phenoxy) is 2. The zero-order chi connectivity index (χ0) is 29.4. The van der Waals surface area contributed by atoms with Gasteiger partial charge in [0.15, 0.2) is 11.6 Å². The standard InChI is InChI=1S/C30H39NO10/c1-14(33)12-31-17-7-5-15(6-8-17)9-16-10-19-23(20(34)11-16)27(37)24-18(25(19)35)3-2-4-21(24)40-30-29(39)28(38)26(36)22(13-32)41-30/h2-4,10-11,14-15,17,19,22-23,26,28-34,36,38-39H,5-9,12-13H2,1H3. The van der Waals surface area contributed by atoms with Crippen molar-refractivity contribution in [3.63, 3.8) is 0 Å². The minimum Gasteiger partial charge on any atom is -0.511 e. The molecule has 7 N–H and O–H groups in total. The molecule has 5 rings (SSSR count). The van der Waals surface area contributed by atoms with Crippen LogP contribution in [-0.4, -0.2) is 98.2 Å². The molecule has 8 unspecified atom stereocenters. The number of ketones is 2. The first-order valence-electron chi connectivity index (χ1n) is 14.3. The summed E-state index contributed by atoms with van der Waals surface area (Å²) < 4.78 is 11.2. The summed E-state index contributed by atoms with van der Waals surface area (Å²) in [6.07, 6.45) is -0.0906. The number of Topliss-reactive ketones (excluding diaryl/α,β-unsaturated/α-hetero) is 2. The predicted octanol–water partition coefficient (Wildman–Crippen LogP) is 0.778. The molecule has 1 aromatic rings. The molecule has 3 aliphatic carbocycles. The molecule has 0 aromatic heterocycles. The van der Waals surface area contributed by atoms with Crippen LogP contribution in [0, 0.1) is 17.8 Å². The molecule has 1 saturated carbocycles. The monoisotopic (exact) mass is 573 g/mol. The van der Waals surface area contributed by atoms with Crippen molar-refractivity contribution in [3.8, 4) is 5.75 Å². The first kappa shape index (κ1) is 29.8. The number of aliphatic hydroxyl groups is 6. The van der Waals surface area contributed by atoms with E-state index in [0.717, 1.165) is 31.3 Å². The van der Waals surface area contributed by atoms with E-state index in [-0.39, 0.29) is 28.4 Å². The second-order valence-corrected chi connectivity index (χ2v) is 11.7. The van der Waals surface area contributed by atoms with Crippen LogP contribution in [0.3, 0.4) is 0 Å². The van der Waals surface area contributed by atoms with Crippen LogP contribution in [0.15, 0.2) is 41.7 Å². The van der Waals surface area contributed by atoms with E-state index in [2.05, 4.69) is 5.32 Å². The van der Waals surface area contributed by atoms with E-state index in [1.165, 1.54) is 18.2 Å². The van der Waals surface area contributed by atoms with Crippen LogP contribution in [-0.2, 0) is 4.74 Å². The zero-order valence-electron chi connectivity index (χ0n) is 22.9. The van der Waals surface area contributed by atoms with E-state index in [1.807, 2.05) is 0 Å². The number of aliphatic hydroxyl groups excluding tert-OH is 6. The van der Waals surface area contributed by atoms with Crippen molar-refractivity contribution < 1.29 is 49.7 Å². The van der Waals surface area contributed by atoms with E-state index in [0.29, 0.717) is 24.9 Å². The number of allylic oxidation sites excluding steroid dienone is 4. The minimum absolute atomic E-state index is 0.0597. The van der Waals surface area contributed by atoms with Crippen LogP contribution < -0.4 is 10.1 Å². The SMILES string of the molecule is CC(O)CNC1CCC(CC2=CC3C(=O)c4cccc(OC5OC(CO)C(O)C(O)C5O)c4C(=O)C3C(O)=C2)CC1. The Morgan fingerprint density at radius 1 is 1.05 bits per heavy atom. The second-order valence-electron chi connectivity index (χ2n) is 11.7.